The van der Waals surface area contributed by atoms with Crippen molar-refractivity contribution in [2.75, 3.05) is 11.6 Å². The zero-order valence-corrected chi connectivity index (χ0v) is 15.2. The molecule has 27 heavy (non-hydrogen) atoms. The molecule has 9 nitrogen and oxygen atoms in total. The molecule has 0 fully saturated rings. The first-order valence-corrected chi connectivity index (χ1v) is 9.54. The quantitative estimate of drug-likeness (QED) is 0.452. The van der Waals surface area contributed by atoms with Crippen molar-refractivity contribution < 1.29 is 27.7 Å². The molecule has 2 aromatic carbocycles. The summed E-state index contributed by atoms with van der Waals surface area (Å²) >= 11 is 0. The maximum Gasteiger partial charge on any atom is 0.339 e. The van der Waals surface area contributed by atoms with Gasteiger partial charge in [-0.1, -0.05) is 18.2 Å². The molecule has 0 saturated heterocycles. The molecule has 0 saturated carbocycles. The van der Waals surface area contributed by atoms with Gasteiger partial charge < -0.3 is 10.1 Å². The summed E-state index contributed by atoms with van der Waals surface area (Å²) in [6.45, 7) is 1.34. The van der Waals surface area contributed by atoms with Crippen LogP contribution >= 0.6 is 0 Å². The molecule has 10 heteroatoms. The summed E-state index contributed by atoms with van der Waals surface area (Å²) in [5.74, 6) is -1.58. The van der Waals surface area contributed by atoms with E-state index in [1.54, 1.807) is 30.3 Å². The average molecular weight is 392 g/mol. The molecule has 0 aliphatic rings. The van der Waals surface area contributed by atoms with E-state index in [4.69, 9.17) is 4.74 Å². The minimum atomic E-state index is -3.85. The number of nitro groups is 1. The van der Waals surface area contributed by atoms with Gasteiger partial charge in [0.1, 0.15) is 4.90 Å². The predicted octanol–water partition coefficient (Wildman–Crippen LogP) is 2.18. The lowest BCUT2D eigenvalue weighted by atomic mass is 10.2. The number of carbonyl (C=O) groups excluding carboxylic acids is 2. The summed E-state index contributed by atoms with van der Waals surface area (Å²) in [5.41, 5.74) is -0.472. The van der Waals surface area contributed by atoms with Gasteiger partial charge in [-0.15, -0.1) is 0 Å². The smallest absolute Gasteiger partial charge is 0.339 e. The monoisotopic (exact) mass is 392 g/mol. The molecule has 0 heterocycles. The minimum Gasteiger partial charge on any atom is -0.449 e. The summed E-state index contributed by atoms with van der Waals surface area (Å²) in [5, 5.41) is 13.7. The maximum absolute atomic E-state index is 12.2. The van der Waals surface area contributed by atoms with Crippen molar-refractivity contribution in [2.24, 2.45) is 0 Å². The molecule has 1 atom stereocenters. The number of sulfone groups is 1. The van der Waals surface area contributed by atoms with E-state index in [2.05, 4.69) is 5.32 Å². The summed E-state index contributed by atoms with van der Waals surface area (Å²) in [6, 6.07) is 11.4. The number of rotatable bonds is 6. The maximum atomic E-state index is 12.2. The highest BCUT2D eigenvalue weighted by Crippen LogP contribution is 2.25. The van der Waals surface area contributed by atoms with Gasteiger partial charge >= 0.3 is 5.97 Å². The molecule has 1 N–H and O–H groups in total. The van der Waals surface area contributed by atoms with Gasteiger partial charge in [0.15, 0.2) is 15.9 Å². The molecule has 0 spiro atoms. The number of anilines is 1. The highest BCUT2D eigenvalue weighted by molar-refractivity contribution is 7.90. The predicted molar refractivity (Wildman–Crippen MR) is 96.2 cm³/mol. The van der Waals surface area contributed by atoms with Crippen LogP contribution in [0.15, 0.2) is 53.4 Å². The molecule has 2 rings (SSSR count). The van der Waals surface area contributed by atoms with E-state index >= 15 is 0 Å². The van der Waals surface area contributed by atoms with Crippen molar-refractivity contribution in [3.63, 3.8) is 0 Å². The summed E-state index contributed by atoms with van der Waals surface area (Å²) in [6.07, 6.45) is -0.352. The first kappa shape index (κ1) is 20.0. The van der Waals surface area contributed by atoms with Crippen LogP contribution in [0.3, 0.4) is 0 Å². The number of esters is 1. The Balaban J connectivity index is 2.16. The number of carbonyl (C=O) groups is 2. The van der Waals surface area contributed by atoms with Crippen LogP contribution in [-0.2, 0) is 19.4 Å². The Labute approximate surface area is 155 Å². The molecular formula is C17H16N2O7S. The Morgan fingerprint density at radius 3 is 2.33 bits per heavy atom. The number of amides is 1. The third kappa shape index (κ3) is 5.11. The Morgan fingerprint density at radius 2 is 1.78 bits per heavy atom. The largest absolute Gasteiger partial charge is 0.449 e. The summed E-state index contributed by atoms with van der Waals surface area (Å²) < 4.78 is 28.2. The standard InChI is InChI=1S/C17H16N2O7S/c1-11(16(20)18-13-6-4-3-5-7-13)26-17(21)12-8-9-15(27(2,24)25)14(10-12)19(22)23/h3-11H,1-2H3,(H,18,20)/t11-/m1/s1. The van der Waals surface area contributed by atoms with Crippen LogP contribution in [0.1, 0.15) is 17.3 Å². The Kier molecular flexibility index (Phi) is 5.91. The topological polar surface area (TPSA) is 133 Å². The molecule has 0 aliphatic heterocycles. The van der Waals surface area contributed by atoms with Gasteiger partial charge in [0.25, 0.3) is 11.6 Å². The van der Waals surface area contributed by atoms with E-state index in [0.29, 0.717) is 5.69 Å². The lowest BCUT2D eigenvalue weighted by Gasteiger charge is -2.13. The van der Waals surface area contributed by atoms with E-state index in [1.165, 1.54) is 6.92 Å². The van der Waals surface area contributed by atoms with Gasteiger partial charge in [-0.25, -0.2) is 13.2 Å². The van der Waals surface area contributed by atoms with Gasteiger partial charge in [0.2, 0.25) is 0 Å². The highest BCUT2D eigenvalue weighted by Gasteiger charge is 2.26. The SMILES string of the molecule is C[C@@H](OC(=O)c1ccc(S(C)(=O)=O)c([N+](=O)[O-])c1)C(=O)Nc1ccccc1. The van der Waals surface area contributed by atoms with E-state index in [0.717, 1.165) is 24.5 Å². The van der Waals surface area contributed by atoms with Crippen molar-refractivity contribution in [3.8, 4) is 0 Å². The normalized spacial score (nSPS) is 12.1. The molecule has 142 valence electrons. The van der Waals surface area contributed by atoms with Crippen molar-refractivity contribution in [2.45, 2.75) is 17.9 Å². The van der Waals surface area contributed by atoms with Crippen LogP contribution in [0.25, 0.3) is 0 Å². The van der Waals surface area contributed by atoms with Gasteiger partial charge in [-0.2, -0.15) is 0 Å². The first-order chi connectivity index (χ1) is 12.6. The van der Waals surface area contributed by atoms with Crippen LogP contribution in [0.5, 0.6) is 0 Å². The van der Waals surface area contributed by atoms with Crippen LogP contribution in [0.4, 0.5) is 11.4 Å². The van der Waals surface area contributed by atoms with Gasteiger partial charge in [-0.05, 0) is 31.2 Å². The number of ether oxygens (including phenoxy) is 1. The van der Waals surface area contributed by atoms with Crippen LogP contribution in [0.2, 0.25) is 0 Å². The number of nitro benzene ring substituents is 1. The van der Waals surface area contributed by atoms with Crippen molar-refractivity contribution in [1.82, 2.24) is 0 Å². The number of hydrogen-bond acceptors (Lipinski definition) is 7. The van der Waals surface area contributed by atoms with E-state index < -0.39 is 43.3 Å². The molecule has 0 aromatic heterocycles. The summed E-state index contributed by atoms with van der Waals surface area (Å²) in [7, 11) is -3.85. The fourth-order valence-electron chi connectivity index (χ4n) is 2.15. The molecule has 0 bridgehead atoms. The second-order valence-electron chi connectivity index (χ2n) is 5.61. The summed E-state index contributed by atoms with van der Waals surface area (Å²) in [4.78, 5) is 33.9. The molecule has 0 radical (unpaired) electrons. The minimum absolute atomic E-state index is 0.242. The third-order valence-corrected chi connectivity index (χ3v) is 4.63. The Morgan fingerprint density at radius 1 is 1.15 bits per heavy atom. The number of nitrogens with one attached hydrogen (secondary N) is 1. The fourth-order valence-corrected chi connectivity index (χ4v) is 2.98. The zero-order valence-electron chi connectivity index (χ0n) is 14.4. The van der Waals surface area contributed by atoms with E-state index in [1.807, 2.05) is 0 Å². The van der Waals surface area contributed by atoms with Gasteiger partial charge in [0.05, 0.1) is 10.5 Å². The fraction of sp³-hybridized carbons (Fsp3) is 0.176. The van der Waals surface area contributed by atoms with E-state index in [-0.39, 0.29) is 5.56 Å². The molecule has 1 amide bonds. The van der Waals surface area contributed by atoms with Gasteiger partial charge in [-0.3, -0.25) is 14.9 Å². The molecule has 2 aromatic rings. The lowest BCUT2D eigenvalue weighted by molar-refractivity contribution is -0.387. The Hall–Kier alpha value is -3.27. The number of para-hydroxylation sites is 1. The van der Waals surface area contributed by atoms with Gasteiger partial charge in [0, 0.05) is 18.0 Å². The van der Waals surface area contributed by atoms with Crippen LogP contribution in [0, 0.1) is 10.1 Å². The second kappa shape index (κ2) is 7.96. The first-order valence-electron chi connectivity index (χ1n) is 7.65. The lowest BCUT2D eigenvalue weighted by Crippen LogP contribution is -2.30. The second-order valence-corrected chi connectivity index (χ2v) is 7.60. The molecular weight excluding hydrogens is 376 g/mol. The van der Waals surface area contributed by atoms with E-state index in [9.17, 15) is 28.1 Å². The molecule has 0 unspecified atom stereocenters. The van der Waals surface area contributed by atoms with Crippen molar-refractivity contribution in [1.29, 1.82) is 0 Å². The third-order valence-electron chi connectivity index (χ3n) is 3.49. The number of benzene rings is 2. The highest BCUT2D eigenvalue weighted by atomic mass is 32.2. The van der Waals surface area contributed by atoms with Crippen molar-refractivity contribution >= 4 is 33.1 Å². The average Bonchev–Trinajstić information content (AvgIpc) is 2.61. The number of nitrogens with zero attached hydrogens (tertiary/aromatic N) is 1. The Bertz CT molecular complexity index is 988. The zero-order chi connectivity index (χ0) is 20.2. The molecule has 0 aliphatic carbocycles. The number of hydrogen-bond donors (Lipinski definition) is 1. The van der Waals surface area contributed by atoms with Crippen LogP contribution in [-0.4, -0.2) is 37.6 Å². The van der Waals surface area contributed by atoms with Crippen molar-refractivity contribution in [3.05, 3.63) is 64.2 Å². The van der Waals surface area contributed by atoms with Crippen LogP contribution < -0.4 is 5.32 Å².